The number of carbonyl (C=O) groups excluding carboxylic acids is 1. The van der Waals surface area contributed by atoms with E-state index in [1.54, 1.807) is 25.3 Å². The Labute approximate surface area is 135 Å². The number of pyridine rings is 1. The van der Waals surface area contributed by atoms with Crippen LogP contribution in [0.2, 0.25) is 0 Å². The maximum absolute atomic E-state index is 13.0. The highest BCUT2D eigenvalue weighted by Crippen LogP contribution is 2.34. The third-order valence-corrected chi connectivity index (χ3v) is 3.48. The van der Waals surface area contributed by atoms with Crippen molar-refractivity contribution in [3.63, 3.8) is 0 Å². The van der Waals surface area contributed by atoms with Gasteiger partial charge in [-0.1, -0.05) is 12.1 Å². The van der Waals surface area contributed by atoms with Gasteiger partial charge in [0.25, 0.3) is 0 Å². The molecule has 0 aliphatic rings. The Morgan fingerprint density at radius 1 is 1.25 bits per heavy atom. The molecule has 3 rings (SSSR count). The molecule has 124 valence electrons. The highest BCUT2D eigenvalue weighted by molar-refractivity contribution is 5.88. The molecule has 0 aliphatic carbocycles. The summed E-state index contributed by atoms with van der Waals surface area (Å²) in [6.07, 6.45) is -2.79. The lowest BCUT2D eigenvalue weighted by Crippen LogP contribution is -2.07. The highest BCUT2D eigenvalue weighted by atomic mass is 19.4. The molecule has 24 heavy (non-hydrogen) atoms. The van der Waals surface area contributed by atoms with E-state index in [2.05, 4.69) is 15.4 Å². The Kier molecular flexibility index (Phi) is 3.75. The monoisotopic (exact) mass is 334 g/mol. The predicted octanol–water partition coefficient (Wildman–Crippen LogP) is 3.68. The van der Waals surface area contributed by atoms with Gasteiger partial charge in [-0.3, -0.25) is 10.1 Å². The molecule has 5 nitrogen and oxygen atoms in total. The fraction of sp³-hybridized carbons (Fsp3) is 0.188. The third kappa shape index (κ3) is 2.94. The second-order valence-corrected chi connectivity index (χ2v) is 5.34. The molecule has 0 bridgehead atoms. The number of carbonyl (C=O) groups is 1. The minimum atomic E-state index is -4.43. The SMILES string of the molecule is CC(=O)Nc1nc2c(-c3cccc(C(F)(F)F)c3)c(C)ccn2n1. The fourth-order valence-electron chi connectivity index (χ4n) is 2.46. The van der Waals surface area contributed by atoms with Crippen molar-refractivity contribution in [3.8, 4) is 11.1 Å². The number of nitrogens with one attached hydrogen (secondary N) is 1. The lowest BCUT2D eigenvalue weighted by atomic mass is 10.00. The molecule has 0 fully saturated rings. The zero-order valence-corrected chi connectivity index (χ0v) is 12.8. The Balaban J connectivity index is 2.20. The molecule has 1 aromatic carbocycles. The number of aryl methyl sites for hydroxylation is 1. The molecule has 1 amide bonds. The van der Waals surface area contributed by atoms with Gasteiger partial charge in [0.2, 0.25) is 11.9 Å². The van der Waals surface area contributed by atoms with Crippen LogP contribution < -0.4 is 5.32 Å². The van der Waals surface area contributed by atoms with Gasteiger partial charge in [0, 0.05) is 18.7 Å². The summed E-state index contributed by atoms with van der Waals surface area (Å²) >= 11 is 0. The van der Waals surface area contributed by atoms with Crippen molar-refractivity contribution in [2.24, 2.45) is 0 Å². The van der Waals surface area contributed by atoms with Crippen molar-refractivity contribution in [3.05, 3.63) is 47.7 Å². The average Bonchev–Trinajstić information content (AvgIpc) is 2.87. The molecule has 0 saturated heterocycles. The van der Waals surface area contributed by atoms with E-state index in [1.807, 2.05) is 0 Å². The van der Waals surface area contributed by atoms with Crippen molar-refractivity contribution < 1.29 is 18.0 Å². The molecule has 0 saturated carbocycles. The minimum Gasteiger partial charge on any atom is -0.293 e. The summed E-state index contributed by atoms with van der Waals surface area (Å²) in [7, 11) is 0. The number of amides is 1. The average molecular weight is 334 g/mol. The number of hydrogen-bond acceptors (Lipinski definition) is 3. The number of alkyl halides is 3. The van der Waals surface area contributed by atoms with Crippen LogP contribution in [0.4, 0.5) is 19.1 Å². The van der Waals surface area contributed by atoms with E-state index in [0.29, 0.717) is 16.8 Å². The van der Waals surface area contributed by atoms with E-state index in [0.717, 1.165) is 17.7 Å². The molecule has 0 spiro atoms. The van der Waals surface area contributed by atoms with Crippen LogP contribution in [0.1, 0.15) is 18.1 Å². The number of benzene rings is 1. The molecule has 2 heterocycles. The van der Waals surface area contributed by atoms with Gasteiger partial charge in [0.05, 0.1) is 5.56 Å². The number of aromatic nitrogens is 3. The van der Waals surface area contributed by atoms with Crippen molar-refractivity contribution in [2.45, 2.75) is 20.0 Å². The molecular formula is C16H13F3N4O. The van der Waals surface area contributed by atoms with Crippen LogP contribution in [0.5, 0.6) is 0 Å². The van der Waals surface area contributed by atoms with Crippen LogP contribution in [0, 0.1) is 6.92 Å². The normalized spacial score (nSPS) is 11.7. The molecule has 0 atom stereocenters. The first-order valence-electron chi connectivity index (χ1n) is 7.07. The Morgan fingerprint density at radius 2 is 2.00 bits per heavy atom. The number of rotatable bonds is 2. The lowest BCUT2D eigenvalue weighted by Gasteiger charge is -2.11. The number of nitrogens with zero attached hydrogens (tertiary/aromatic N) is 3. The summed E-state index contributed by atoms with van der Waals surface area (Å²) in [6, 6.07) is 6.77. The number of anilines is 1. The Morgan fingerprint density at radius 3 is 2.67 bits per heavy atom. The summed E-state index contributed by atoms with van der Waals surface area (Å²) in [5.41, 5.74) is 1.31. The molecule has 8 heteroatoms. The smallest absolute Gasteiger partial charge is 0.293 e. The van der Waals surface area contributed by atoms with Gasteiger partial charge in [0.1, 0.15) is 0 Å². The summed E-state index contributed by atoms with van der Waals surface area (Å²) < 4.78 is 40.3. The van der Waals surface area contributed by atoms with Crippen LogP contribution in [0.3, 0.4) is 0 Å². The van der Waals surface area contributed by atoms with E-state index in [1.165, 1.54) is 17.5 Å². The summed E-state index contributed by atoms with van der Waals surface area (Å²) in [4.78, 5) is 15.4. The second-order valence-electron chi connectivity index (χ2n) is 5.34. The van der Waals surface area contributed by atoms with Gasteiger partial charge in [-0.25, -0.2) is 4.52 Å². The maximum atomic E-state index is 13.0. The van der Waals surface area contributed by atoms with Gasteiger partial charge < -0.3 is 0 Å². The molecule has 0 aliphatic heterocycles. The van der Waals surface area contributed by atoms with Crippen molar-refractivity contribution in [1.29, 1.82) is 0 Å². The molecular weight excluding hydrogens is 321 g/mol. The first-order chi connectivity index (χ1) is 11.3. The number of hydrogen-bond donors (Lipinski definition) is 1. The zero-order valence-electron chi connectivity index (χ0n) is 12.8. The largest absolute Gasteiger partial charge is 0.416 e. The molecule has 2 aromatic heterocycles. The van der Waals surface area contributed by atoms with Gasteiger partial charge in [-0.15, -0.1) is 5.10 Å². The van der Waals surface area contributed by atoms with Crippen molar-refractivity contribution in [1.82, 2.24) is 14.6 Å². The standard InChI is InChI=1S/C16H13F3N4O/c1-9-6-7-23-14(21-15(22-23)20-10(2)24)13(9)11-4-3-5-12(8-11)16(17,18)19/h3-8H,1-2H3,(H,20,22,24). The van der Waals surface area contributed by atoms with Crippen molar-refractivity contribution in [2.75, 3.05) is 5.32 Å². The first-order valence-corrected chi connectivity index (χ1v) is 7.07. The highest BCUT2D eigenvalue weighted by Gasteiger charge is 2.30. The zero-order chi connectivity index (χ0) is 17.5. The number of halogens is 3. The third-order valence-electron chi connectivity index (χ3n) is 3.48. The van der Waals surface area contributed by atoms with Gasteiger partial charge in [0.15, 0.2) is 5.65 Å². The molecule has 0 unspecified atom stereocenters. The quantitative estimate of drug-likeness (QED) is 0.778. The van der Waals surface area contributed by atoms with E-state index >= 15 is 0 Å². The van der Waals surface area contributed by atoms with Crippen molar-refractivity contribution >= 4 is 17.5 Å². The lowest BCUT2D eigenvalue weighted by molar-refractivity contribution is -0.137. The minimum absolute atomic E-state index is 0.0984. The second kappa shape index (κ2) is 5.63. The number of fused-ring (bicyclic) bond motifs is 1. The van der Waals surface area contributed by atoms with Crippen LogP contribution in [-0.2, 0) is 11.0 Å². The van der Waals surface area contributed by atoms with E-state index in [-0.39, 0.29) is 11.9 Å². The van der Waals surface area contributed by atoms with Gasteiger partial charge in [-0.2, -0.15) is 18.2 Å². The molecule has 0 radical (unpaired) electrons. The van der Waals surface area contributed by atoms with E-state index in [4.69, 9.17) is 0 Å². The van der Waals surface area contributed by atoms with Crippen LogP contribution >= 0.6 is 0 Å². The van der Waals surface area contributed by atoms with Gasteiger partial charge >= 0.3 is 6.18 Å². The Hall–Kier alpha value is -2.90. The Bertz CT molecular complexity index is 931. The first kappa shape index (κ1) is 16.0. The van der Waals surface area contributed by atoms with E-state index < -0.39 is 11.7 Å². The summed E-state index contributed by atoms with van der Waals surface area (Å²) in [5, 5.41) is 6.57. The van der Waals surface area contributed by atoms with Crippen LogP contribution in [0.25, 0.3) is 16.8 Å². The predicted molar refractivity (Wildman–Crippen MR) is 82.5 cm³/mol. The van der Waals surface area contributed by atoms with Crippen LogP contribution in [-0.4, -0.2) is 20.5 Å². The summed E-state index contributed by atoms with van der Waals surface area (Å²) in [6.45, 7) is 3.10. The summed E-state index contributed by atoms with van der Waals surface area (Å²) in [5.74, 6) is -0.232. The topological polar surface area (TPSA) is 59.3 Å². The molecule has 1 N–H and O–H groups in total. The molecule has 3 aromatic rings. The van der Waals surface area contributed by atoms with Gasteiger partial charge in [-0.05, 0) is 36.2 Å². The van der Waals surface area contributed by atoms with Crippen LogP contribution in [0.15, 0.2) is 36.5 Å². The van der Waals surface area contributed by atoms with E-state index in [9.17, 15) is 18.0 Å². The fourth-order valence-corrected chi connectivity index (χ4v) is 2.46. The maximum Gasteiger partial charge on any atom is 0.416 e.